The Balaban J connectivity index is 0.00000210. The molecule has 2 saturated heterocycles. The molecule has 1 saturated carbocycles. The first kappa shape index (κ1) is 21.1. The van der Waals surface area contributed by atoms with Gasteiger partial charge in [-0.15, -0.1) is 12.4 Å². The van der Waals surface area contributed by atoms with Gasteiger partial charge in [0.2, 0.25) is 0 Å². The van der Waals surface area contributed by atoms with E-state index >= 15 is 0 Å². The number of hydrogen-bond acceptors (Lipinski definition) is 4. The van der Waals surface area contributed by atoms with E-state index < -0.39 is 0 Å². The maximum atomic E-state index is 5.71. The van der Waals surface area contributed by atoms with Crippen LogP contribution in [-0.2, 0) is 11.2 Å². The number of benzene rings is 1. The molecule has 1 aromatic rings. The van der Waals surface area contributed by atoms with E-state index in [0.29, 0.717) is 18.1 Å². The Morgan fingerprint density at radius 1 is 1.07 bits per heavy atom. The lowest BCUT2D eigenvalue weighted by Gasteiger charge is -2.37. The van der Waals surface area contributed by atoms with Gasteiger partial charge in [0.1, 0.15) is 0 Å². The van der Waals surface area contributed by atoms with Crippen LogP contribution in [-0.4, -0.2) is 62.4 Å². The van der Waals surface area contributed by atoms with Crippen LogP contribution in [0.3, 0.4) is 0 Å². The Morgan fingerprint density at radius 3 is 2.63 bits per heavy atom. The van der Waals surface area contributed by atoms with Gasteiger partial charge in [-0.3, -0.25) is 0 Å². The van der Waals surface area contributed by atoms with Crippen molar-refractivity contribution in [2.45, 2.75) is 56.7 Å². The molecule has 3 aliphatic rings. The summed E-state index contributed by atoms with van der Waals surface area (Å²) in [6, 6.07) is 12.9. The van der Waals surface area contributed by atoms with E-state index in [1.54, 1.807) is 0 Å². The number of morpholine rings is 1. The molecule has 2 aliphatic heterocycles. The van der Waals surface area contributed by atoms with Crippen LogP contribution in [0.1, 0.15) is 37.7 Å². The molecule has 4 nitrogen and oxygen atoms in total. The highest BCUT2D eigenvalue weighted by Gasteiger charge is 2.36. The third-order valence-electron chi connectivity index (χ3n) is 6.63. The molecule has 1 aliphatic carbocycles. The molecule has 3 fully saturated rings. The average molecular weight is 394 g/mol. The van der Waals surface area contributed by atoms with Crippen LogP contribution < -0.4 is 10.6 Å². The van der Waals surface area contributed by atoms with Crippen LogP contribution >= 0.6 is 12.4 Å². The number of nitrogens with one attached hydrogen (secondary N) is 2. The van der Waals surface area contributed by atoms with E-state index in [9.17, 15) is 0 Å². The Labute approximate surface area is 170 Å². The number of ether oxygens (including phenoxy) is 1. The highest BCUT2D eigenvalue weighted by molar-refractivity contribution is 5.85. The van der Waals surface area contributed by atoms with E-state index in [1.807, 2.05) is 0 Å². The van der Waals surface area contributed by atoms with Crippen molar-refractivity contribution in [2.75, 3.05) is 39.4 Å². The summed E-state index contributed by atoms with van der Waals surface area (Å²) in [6.07, 6.45) is 7.85. The molecule has 152 valence electrons. The Hall–Kier alpha value is -0.650. The van der Waals surface area contributed by atoms with E-state index in [2.05, 4.69) is 45.9 Å². The van der Waals surface area contributed by atoms with Crippen LogP contribution in [0, 0.1) is 5.92 Å². The van der Waals surface area contributed by atoms with Gasteiger partial charge in [0, 0.05) is 31.2 Å². The molecule has 27 heavy (non-hydrogen) atoms. The molecule has 0 amide bonds. The van der Waals surface area contributed by atoms with Crippen molar-refractivity contribution < 1.29 is 4.74 Å². The fourth-order valence-corrected chi connectivity index (χ4v) is 5.10. The van der Waals surface area contributed by atoms with Crippen LogP contribution in [0.4, 0.5) is 0 Å². The van der Waals surface area contributed by atoms with Crippen molar-refractivity contribution in [2.24, 2.45) is 5.92 Å². The predicted molar refractivity (Wildman–Crippen MR) is 114 cm³/mol. The van der Waals surface area contributed by atoms with E-state index in [-0.39, 0.29) is 12.4 Å². The summed E-state index contributed by atoms with van der Waals surface area (Å²) in [4.78, 5) is 2.65. The van der Waals surface area contributed by atoms with Crippen molar-refractivity contribution in [3.63, 3.8) is 0 Å². The molecular formula is C22H36ClN3O. The van der Waals surface area contributed by atoms with Crippen LogP contribution in [0.25, 0.3) is 0 Å². The summed E-state index contributed by atoms with van der Waals surface area (Å²) < 4.78 is 5.71. The molecule has 1 aromatic carbocycles. The maximum Gasteiger partial charge on any atom is 0.0623 e. The molecule has 0 radical (unpaired) electrons. The minimum Gasteiger partial charge on any atom is -0.379 e. The fraction of sp³-hybridized carbons (Fsp3) is 0.727. The average Bonchev–Trinajstić information content (AvgIpc) is 3.17. The third kappa shape index (κ3) is 5.91. The number of likely N-dealkylation sites (tertiary alicyclic amines) is 1. The van der Waals surface area contributed by atoms with E-state index in [0.717, 1.165) is 25.7 Å². The highest BCUT2D eigenvalue weighted by atomic mass is 35.5. The highest BCUT2D eigenvalue weighted by Crippen LogP contribution is 2.30. The summed E-state index contributed by atoms with van der Waals surface area (Å²) in [5, 5.41) is 7.73. The molecule has 0 bridgehead atoms. The van der Waals surface area contributed by atoms with Gasteiger partial charge in [0.15, 0.2) is 0 Å². The van der Waals surface area contributed by atoms with Crippen molar-refractivity contribution in [1.29, 1.82) is 0 Å². The van der Waals surface area contributed by atoms with Gasteiger partial charge in [-0.2, -0.15) is 0 Å². The predicted octanol–water partition coefficient (Wildman–Crippen LogP) is 2.86. The minimum atomic E-state index is 0. The lowest BCUT2D eigenvalue weighted by molar-refractivity contribution is 0.0506. The molecule has 0 spiro atoms. The van der Waals surface area contributed by atoms with E-state index in [4.69, 9.17) is 4.74 Å². The second kappa shape index (κ2) is 10.8. The van der Waals surface area contributed by atoms with Crippen LogP contribution in [0.15, 0.2) is 30.3 Å². The van der Waals surface area contributed by atoms with Crippen molar-refractivity contribution in [1.82, 2.24) is 15.5 Å². The topological polar surface area (TPSA) is 36.5 Å². The molecule has 2 heterocycles. The second-order valence-electron chi connectivity index (χ2n) is 8.35. The first-order valence-electron chi connectivity index (χ1n) is 10.7. The number of halogens is 1. The first-order chi connectivity index (χ1) is 12.9. The van der Waals surface area contributed by atoms with Crippen molar-refractivity contribution >= 4 is 12.4 Å². The Kier molecular flexibility index (Phi) is 8.41. The zero-order valence-electron chi connectivity index (χ0n) is 16.4. The lowest BCUT2D eigenvalue weighted by Crippen LogP contribution is -2.53. The lowest BCUT2D eigenvalue weighted by atomic mass is 9.92. The van der Waals surface area contributed by atoms with Crippen molar-refractivity contribution in [3.8, 4) is 0 Å². The van der Waals surface area contributed by atoms with Gasteiger partial charge in [-0.1, -0.05) is 36.8 Å². The van der Waals surface area contributed by atoms with Crippen LogP contribution in [0.5, 0.6) is 0 Å². The third-order valence-corrected chi connectivity index (χ3v) is 6.63. The normalized spacial score (nSPS) is 30.1. The quantitative estimate of drug-likeness (QED) is 0.779. The molecule has 0 aromatic heterocycles. The summed E-state index contributed by atoms with van der Waals surface area (Å²) in [5.74, 6) is 0.756. The number of nitrogens with zero attached hydrogens (tertiary/aromatic N) is 1. The monoisotopic (exact) mass is 393 g/mol. The number of rotatable bonds is 6. The van der Waals surface area contributed by atoms with Gasteiger partial charge in [-0.25, -0.2) is 0 Å². The zero-order valence-corrected chi connectivity index (χ0v) is 17.3. The molecule has 3 atom stereocenters. The molecule has 5 heteroatoms. The van der Waals surface area contributed by atoms with Crippen molar-refractivity contribution in [3.05, 3.63) is 35.9 Å². The minimum absolute atomic E-state index is 0. The Morgan fingerprint density at radius 2 is 1.89 bits per heavy atom. The molecular weight excluding hydrogens is 358 g/mol. The number of hydrogen-bond donors (Lipinski definition) is 2. The maximum absolute atomic E-state index is 5.71. The summed E-state index contributed by atoms with van der Waals surface area (Å²) in [6.45, 7) is 6.49. The zero-order chi connectivity index (χ0) is 17.6. The van der Waals surface area contributed by atoms with Crippen LogP contribution in [0.2, 0.25) is 0 Å². The number of piperidine rings is 1. The van der Waals surface area contributed by atoms with Gasteiger partial charge in [0.25, 0.3) is 0 Å². The second-order valence-corrected chi connectivity index (χ2v) is 8.35. The fourth-order valence-electron chi connectivity index (χ4n) is 5.10. The summed E-state index contributed by atoms with van der Waals surface area (Å²) in [5.41, 5.74) is 1.46. The molecule has 2 N–H and O–H groups in total. The smallest absolute Gasteiger partial charge is 0.0623 e. The summed E-state index contributed by atoms with van der Waals surface area (Å²) >= 11 is 0. The molecule has 3 unspecified atom stereocenters. The van der Waals surface area contributed by atoms with Gasteiger partial charge in [0.05, 0.1) is 13.2 Å². The largest absolute Gasteiger partial charge is 0.379 e. The van der Waals surface area contributed by atoms with E-state index in [1.165, 1.54) is 63.7 Å². The van der Waals surface area contributed by atoms with Gasteiger partial charge in [-0.05, 0) is 56.7 Å². The summed E-state index contributed by atoms with van der Waals surface area (Å²) in [7, 11) is 0. The Bertz CT molecular complexity index is 530. The first-order valence-corrected chi connectivity index (χ1v) is 10.7. The standard InChI is InChI=1S/C22H35N3O.ClH/c1-2-5-18(6-3-1)9-13-25-14-10-19(11-15-25)24-21-8-4-7-20(21)22-17-26-16-12-23-22;/h1-3,5-6,19-24H,4,7-17H2;1H. The van der Waals surface area contributed by atoms with Gasteiger partial charge >= 0.3 is 0 Å². The van der Waals surface area contributed by atoms with Gasteiger partial charge < -0.3 is 20.3 Å². The SMILES string of the molecule is Cl.c1ccc(CCN2CCC(NC3CCCC3C3COCCN3)CC2)cc1. The molecule has 4 rings (SSSR count).